The van der Waals surface area contributed by atoms with Crippen LogP contribution in [-0.4, -0.2) is 18.9 Å². The molecule has 0 bridgehead atoms. The second-order valence-electron chi connectivity index (χ2n) is 6.51. The minimum absolute atomic E-state index is 0.267. The normalized spacial score (nSPS) is 11.8. The van der Waals surface area contributed by atoms with Crippen LogP contribution in [0, 0.1) is 0 Å². The first-order chi connectivity index (χ1) is 14.2. The summed E-state index contributed by atoms with van der Waals surface area (Å²) in [4.78, 5) is 0.635. The Morgan fingerprint density at radius 3 is 2.59 bits per heavy atom. The van der Waals surface area contributed by atoms with E-state index in [0.29, 0.717) is 29.6 Å². The third-order valence-electron chi connectivity index (χ3n) is 4.55. The van der Waals surface area contributed by atoms with Crippen LogP contribution in [0.25, 0.3) is 0 Å². The van der Waals surface area contributed by atoms with E-state index in [1.165, 1.54) is 0 Å². The zero-order valence-electron chi connectivity index (χ0n) is 16.0. The van der Waals surface area contributed by atoms with Crippen molar-refractivity contribution in [2.24, 2.45) is 0 Å². The van der Waals surface area contributed by atoms with Crippen molar-refractivity contribution in [1.29, 1.82) is 0 Å². The first-order valence-electron chi connectivity index (χ1n) is 9.24. The number of rotatable bonds is 7. The lowest BCUT2D eigenvalue weighted by Gasteiger charge is -2.14. The van der Waals surface area contributed by atoms with Crippen molar-refractivity contribution in [1.82, 2.24) is 5.32 Å². The summed E-state index contributed by atoms with van der Waals surface area (Å²) in [5, 5.41) is 3.27. The van der Waals surface area contributed by atoms with Crippen LogP contribution in [0.1, 0.15) is 16.7 Å². The van der Waals surface area contributed by atoms with Crippen molar-refractivity contribution in [3.8, 4) is 23.0 Å². The van der Waals surface area contributed by atoms with E-state index in [4.69, 9.17) is 31.2 Å². The fourth-order valence-corrected chi connectivity index (χ4v) is 3.20. The van der Waals surface area contributed by atoms with Gasteiger partial charge >= 0.3 is 0 Å². The first kappa shape index (κ1) is 19.1. The maximum atomic E-state index is 5.91. The molecule has 4 rings (SSSR count). The molecule has 0 fully saturated rings. The fourth-order valence-electron chi connectivity index (χ4n) is 3.00. The van der Waals surface area contributed by atoms with Gasteiger partial charge in [-0.1, -0.05) is 48.6 Å². The second kappa shape index (κ2) is 8.84. The summed E-state index contributed by atoms with van der Waals surface area (Å²) < 4.78 is 22.2. The van der Waals surface area contributed by atoms with E-state index >= 15 is 0 Å². The van der Waals surface area contributed by atoms with Crippen LogP contribution in [0.3, 0.4) is 0 Å². The van der Waals surface area contributed by atoms with Gasteiger partial charge in [0.15, 0.2) is 23.0 Å². The number of hydrogen-bond acceptors (Lipinski definition) is 5. The van der Waals surface area contributed by atoms with E-state index in [2.05, 4.69) is 5.32 Å². The summed E-state index contributed by atoms with van der Waals surface area (Å²) >= 11 is 5.55. The molecule has 29 heavy (non-hydrogen) atoms. The third kappa shape index (κ3) is 4.60. The van der Waals surface area contributed by atoms with Crippen molar-refractivity contribution < 1.29 is 18.9 Å². The highest BCUT2D eigenvalue weighted by atomic mass is 32.1. The maximum absolute atomic E-state index is 5.91. The number of hydrogen-bond donors (Lipinski definition) is 1. The topological polar surface area (TPSA) is 49.0 Å². The molecule has 0 spiro atoms. The Balaban J connectivity index is 1.39. The molecule has 3 aromatic carbocycles. The summed E-state index contributed by atoms with van der Waals surface area (Å²) in [5.41, 5.74) is 3.02. The van der Waals surface area contributed by atoms with E-state index in [9.17, 15) is 0 Å². The van der Waals surface area contributed by atoms with E-state index < -0.39 is 0 Å². The number of ether oxygens (including phenoxy) is 4. The zero-order chi connectivity index (χ0) is 20.1. The van der Waals surface area contributed by atoms with Gasteiger partial charge in [-0.25, -0.2) is 0 Å². The van der Waals surface area contributed by atoms with Crippen LogP contribution >= 0.6 is 12.2 Å². The molecule has 0 unspecified atom stereocenters. The molecule has 6 heteroatoms. The van der Waals surface area contributed by atoms with Crippen molar-refractivity contribution in [2.75, 3.05) is 13.9 Å². The van der Waals surface area contributed by atoms with Gasteiger partial charge in [-0.15, -0.1) is 0 Å². The van der Waals surface area contributed by atoms with E-state index in [1.807, 2.05) is 66.7 Å². The molecular weight excluding hydrogens is 386 g/mol. The van der Waals surface area contributed by atoms with Crippen LogP contribution in [0.2, 0.25) is 0 Å². The predicted molar refractivity (Wildman–Crippen MR) is 115 cm³/mol. The zero-order valence-corrected chi connectivity index (χ0v) is 16.8. The van der Waals surface area contributed by atoms with E-state index in [1.54, 1.807) is 7.11 Å². The summed E-state index contributed by atoms with van der Waals surface area (Å²) in [6.07, 6.45) is 0. The van der Waals surface area contributed by atoms with Crippen LogP contribution in [-0.2, 0) is 13.2 Å². The Labute approximate surface area is 175 Å². The monoisotopic (exact) mass is 407 g/mol. The molecule has 1 aliphatic heterocycles. The molecule has 1 heterocycles. The highest BCUT2D eigenvalue weighted by Crippen LogP contribution is 2.32. The lowest BCUT2D eigenvalue weighted by atomic mass is 10.1. The molecule has 0 atom stereocenters. The average molecular weight is 407 g/mol. The smallest absolute Gasteiger partial charge is 0.231 e. The summed E-state index contributed by atoms with van der Waals surface area (Å²) in [5.74, 6) is 2.85. The van der Waals surface area contributed by atoms with Crippen LogP contribution in [0.5, 0.6) is 23.0 Å². The molecule has 1 N–H and O–H groups in total. The Morgan fingerprint density at radius 1 is 0.931 bits per heavy atom. The van der Waals surface area contributed by atoms with Gasteiger partial charge in [0.25, 0.3) is 0 Å². The Bertz CT molecular complexity index is 1010. The van der Waals surface area contributed by atoms with E-state index in [-0.39, 0.29) is 6.79 Å². The fraction of sp³-hybridized carbons (Fsp3) is 0.174. The molecule has 0 saturated heterocycles. The summed E-state index contributed by atoms with van der Waals surface area (Å²) in [6.45, 7) is 1.33. The number of fused-ring (bicyclic) bond motifs is 1. The lowest BCUT2D eigenvalue weighted by Crippen LogP contribution is -2.21. The third-order valence-corrected chi connectivity index (χ3v) is 4.93. The van der Waals surface area contributed by atoms with Crippen LogP contribution < -0.4 is 24.3 Å². The highest BCUT2D eigenvalue weighted by Gasteiger charge is 2.14. The summed E-state index contributed by atoms with van der Waals surface area (Å²) in [7, 11) is 1.62. The van der Waals surface area contributed by atoms with Gasteiger partial charge < -0.3 is 24.3 Å². The van der Waals surface area contributed by atoms with Gasteiger partial charge in [0.05, 0.1) is 7.11 Å². The van der Waals surface area contributed by atoms with Crippen molar-refractivity contribution in [3.05, 3.63) is 83.4 Å². The molecule has 1 aliphatic rings. The SMILES string of the molecule is COc1cc(C(=S)NCc2ccc3c(c2)OCO3)ccc1OCc1ccccc1. The van der Waals surface area contributed by atoms with Crippen molar-refractivity contribution in [2.45, 2.75) is 13.2 Å². The molecule has 0 radical (unpaired) electrons. The van der Waals surface area contributed by atoms with Gasteiger partial charge in [-0.3, -0.25) is 0 Å². The Kier molecular flexibility index (Phi) is 5.81. The number of nitrogens with one attached hydrogen (secondary N) is 1. The molecule has 0 aromatic heterocycles. The largest absolute Gasteiger partial charge is 0.493 e. The summed E-state index contributed by atoms with van der Waals surface area (Å²) in [6, 6.07) is 21.6. The van der Waals surface area contributed by atoms with Crippen molar-refractivity contribution in [3.63, 3.8) is 0 Å². The molecule has 3 aromatic rings. The molecule has 0 aliphatic carbocycles. The molecule has 148 valence electrons. The second-order valence-corrected chi connectivity index (χ2v) is 6.92. The van der Waals surface area contributed by atoms with Gasteiger partial charge in [0, 0.05) is 12.1 Å². The number of methoxy groups -OCH3 is 1. The molecule has 5 nitrogen and oxygen atoms in total. The van der Waals surface area contributed by atoms with Gasteiger partial charge in [-0.05, 0) is 41.5 Å². The minimum atomic E-state index is 0.267. The number of thiocarbonyl (C=S) groups is 1. The van der Waals surface area contributed by atoms with E-state index in [0.717, 1.165) is 28.2 Å². The molecular formula is C23H21NO4S. The lowest BCUT2D eigenvalue weighted by molar-refractivity contribution is 0.174. The van der Waals surface area contributed by atoms with Crippen molar-refractivity contribution >= 4 is 17.2 Å². The molecule has 0 amide bonds. The minimum Gasteiger partial charge on any atom is -0.493 e. The Morgan fingerprint density at radius 2 is 1.76 bits per heavy atom. The van der Waals surface area contributed by atoms with Crippen LogP contribution in [0.4, 0.5) is 0 Å². The maximum Gasteiger partial charge on any atom is 0.231 e. The van der Waals surface area contributed by atoms with Gasteiger partial charge in [0.1, 0.15) is 11.6 Å². The standard InChI is InChI=1S/C23H21NO4S/c1-25-21-12-18(8-10-19(21)26-14-16-5-3-2-4-6-16)23(29)24-13-17-7-9-20-22(11-17)28-15-27-20/h2-12H,13-15H2,1H3,(H,24,29). The van der Waals surface area contributed by atoms with Crippen LogP contribution in [0.15, 0.2) is 66.7 Å². The first-order valence-corrected chi connectivity index (χ1v) is 9.65. The Hall–Kier alpha value is -3.25. The molecule has 0 saturated carbocycles. The van der Waals surface area contributed by atoms with Gasteiger partial charge in [0.2, 0.25) is 6.79 Å². The number of benzene rings is 3. The highest BCUT2D eigenvalue weighted by molar-refractivity contribution is 7.80. The van der Waals surface area contributed by atoms with Gasteiger partial charge in [-0.2, -0.15) is 0 Å². The average Bonchev–Trinajstić information content (AvgIpc) is 3.24. The predicted octanol–water partition coefficient (Wildman–Crippen LogP) is 4.47. The quantitative estimate of drug-likeness (QED) is 0.583.